The summed E-state index contributed by atoms with van der Waals surface area (Å²) < 4.78 is 6.67. The van der Waals surface area contributed by atoms with Crippen LogP contribution in [0, 0.1) is 0 Å². The molecule has 0 radical (unpaired) electrons. The Morgan fingerprint density at radius 2 is 1.11 bits per heavy atom. The van der Waals surface area contributed by atoms with Gasteiger partial charge in [0.2, 0.25) is 0 Å². The predicted octanol–water partition coefficient (Wildman–Crippen LogP) is 13.1. The van der Waals surface area contributed by atoms with Crippen LogP contribution in [0.3, 0.4) is 0 Å². The van der Waals surface area contributed by atoms with E-state index in [0.29, 0.717) is 17.5 Å². The predicted molar refractivity (Wildman–Crippen MR) is 224 cm³/mol. The topological polar surface area (TPSA) is 51.8 Å². The molecule has 0 aliphatic heterocycles. The van der Waals surface area contributed by atoms with E-state index in [4.69, 9.17) is 19.4 Å². The molecule has 0 saturated heterocycles. The summed E-state index contributed by atoms with van der Waals surface area (Å²) in [5.74, 6) is 1.82. The van der Waals surface area contributed by atoms with Crippen molar-refractivity contribution in [2.75, 3.05) is 0 Å². The summed E-state index contributed by atoms with van der Waals surface area (Å²) in [7, 11) is 0. The van der Waals surface area contributed by atoms with Crippen LogP contribution in [0.5, 0.6) is 0 Å². The maximum atomic E-state index is 6.67. The van der Waals surface area contributed by atoms with Crippen molar-refractivity contribution in [2.45, 2.75) is 6.42 Å². The van der Waals surface area contributed by atoms with Gasteiger partial charge in [-0.3, -0.25) is 0 Å². The molecule has 4 nitrogen and oxygen atoms in total. The van der Waals surface area contributed by atoms with Gasteiger partial charge in [-0.15, -0.1) is 0 Å². The Balaban J connectivity index is 1.15. The molecule has 256 valence electrons. The number of hydrogen-bond donors (Lipinski definition) is 0. The van der Waals surface area contributed by atoms with Crippen LogP contribution in [0.1, 0.15) is 5.56 Å². The quantitative estimate of drug-likeness (QED) is 0.141. The summed E-state index contributed by atoms with van der Waals surface area (Å²) in [4.78, 5) is 15.2. The highest BCUT2D eigenvalue weighted by molar-refractivity contribution is 6.15. The molecule has 0 fully saturated rings. The van der Waals surface area contributed by atoms with Crippen molar-refractivity contribution in [1.29, 1.82) is 0 Å². The van der Waals surface area contributed by atoms with Gasteiger partial charge in [0.25, 0.3) is 0 Å². The zero-order valence-corrected chi connectivity index (χ0v) is 29.6. The Morgan fingerprint density at radius 1 is 0.481 bits per heavy atom. The van der Waals surface area contributed by atoms with Gasteiger partial charge < -0.3 is 4.42 Å². The molecule has 0 saturated carbocycles. The van der Waals surface area contributed by atoms with Gasteiger partial charge in [0.05, 0.1) is 0 Å². The lowest BCUT2D eigenvalue weighted by atomic mass is 9.95. The molecule has 0 spiro atoms. The molecule has 9 aromatic rings. The molecule has 2 heterocycles. The minimum atomic E-state index is 0.592. The smallest absolute Gasteiger partial charge is 0.164 e. The van der Waals surface area contributed by atoms with Crippen LogP contribution in [0.25, 0.3) is 89.1 Å². The molecule has 7 aromatic carbocycles. The first-order valence-electron chi connectivity index (χ1n) is 18.1. The molecule has 0 aliphatic carbocycles. The lowest BCUT2D eigenvalue weighted by Crippen LogP contribution is -2.00. The van der Waals surface area contributed by atoms with E-state index in [9.17, 15) is 0 Å². The number of nitrogens with zero attached hydrogens (tertiary/aromatic N) is 3. The molecule has 0 unspecified atom stereocenters. The van der Waals surface area contributed by atoms with E-state index in [0.717, 1.165) is 56.2 Å². The Bertz CT molecular complexity index is 2850. The van der Waals surface area contributed by atoms with Crippen LogP contribution >= 0.6 is 0 Å². The second-order valence-electron chi connectivity index (χ2n) is 13.2. The van der Waals surface area contributed by atoms with Gasteiger partial charge in [-0.25, -0.2) is 15.0 Å². The number of allylic oxidation sites excluding steroid dienone is 5. The maximum Gasteiger partial charge on any atom is 0.164 e. The van der Waals surface area contributed by atoms with Gasteiger partial charge in [0, 0.05) is 33.0 Å². The number of rotatable bonds is 9. The van der Waals surface area contributed by atoms with Crippen LogP contribution < -0.4 is 0 Å². The van der Waals surface area contributed by atoms with E-state index < -0.39 is 0 Å². The lowest BCUT2D eigenvalue weighted by molar-refractivity contribution is 0.670. The van der Waals surface area contributed by atoms with E-state index >= 15 is 0 Å². The molecule has 0 bridgehead atoms. The SMILES string of the molecule is C=C/C=C\C=C/Cc1ccc(-c2nc(-c3ccccc3)nc(-c3ccc(-c4ccc(-c5ccc6ccccc6c5)cc4)c4oc5ccccc5c34)n2)cc1. The van der Waals surface area contributed by atoms with Gasteiger partial charge in [-0.2, -0.15) is 0 Å². The summed E-state index contributed by atoms with van der Waals surface area (Å²) in [6.45, 7) is 3.72. The van der Waals surface area contributed by atoms with Crippen molar-refractivity contribution >= 4 is 32.7 Å². The number of furan rings is 1. The maximum absolute atomic E-state index is 6.67. The van der Waals surface area contributed by atoms with Crippen molar-refractivity contribution in [2.24, 2.45) is 0 Å². The molecule has 54 heavy (non-hydrogen) atoms. The summed E-state index contributed by atoms with van der Waals surface area (Å²) in [6.07, 6.45) is 10.7. The van der Waals surface area contributed by atoms with Crippen LogP contribution in [-0.4, -0.2) is 15.0 Å². The Hall–Kier alpha value is -7.17. The third kappa shape index (κ3) is 6.42. The number of hydrogen-bond acceptors (Lipinski definition) is 4. The average Bonchev–Trinajstić information content (AvgIpc) is 3.63. The fraction of sp³-hybridized carbons (Fsp3) is 0.0200. The van der Waals surface area contributed by atoms with E-state index in [1.165, 1.54) is 27.5 Å². The molecular weight excluding hydrogens is 659 g/mol. The van der Waals surface area contributed by atoms with Crippen molar-refractivity contribution in [3.63, 3.8) is 0 Å². The first kappa shape index (κ1) is 32.7. The van der Waals surface area contributed by atoms with Crippen molar-refractivity contribution < 1.29 is 4.42 Å². The fourth-order valence-electron chi connectivity index (χ4n) is 7.01. The van der Waals surface area contributed by atoms with Crippen LogP contribution in [0.15, 0.2) is 199 Å². The monoisotopic (exact) mass is 693 g/mol. The molecule has 2 aromatic heterocycles. The average molecular weight is 694 g/mol. The molecule has 4 heteroatoms. The van der Waals surface area contributed by atoms with E-state index in [2.05, 4.69) is 122 Å². The van der Waals surface area contributed by atoms with Gasteiger partial charge in [0.1, 0.15) is 11.2 Å². The Kier molecular flexibility index (Phi) is 8.76. The lowest BCUT2D eigenvalue weighted by Gasteiger charge is -2.11. The summed E-state index contributed by atoms with van der Waals surface area (Å²) in [5.41, 5.74) is 9.99. The highest BCUT2D eigenvalue weighted by atomic mass is 16.3. The van der Waals surface area contributed by atoms with E-state index in [1.807, 2.05) is 66.8 Å². The molecule has 9 rings (SSSR count). The minimum Gasteiger partial charge on any atom is -0.455 e. The Morgan fingerprint density at radius 3 is 1.91 bits per heavy atom. The van der Waals surface area contributed by atoms with Crippen molar-refractivity contribution in [1.82, 2.24) is 15.0 Å². The van der Waals surface area contributed by atoms with Gasteiger partial charge >= 0.3 is 0 Å². The molecule has 0 N–H and O–H groups in total. The summed E-state index contributed by atoms with van der Waals surface area (Å²) >= 11 is 0. The van der Waals surface area contributed by atoms with Crippen molar-refractivity contribution in [3.8, 4) is 56.4 Å². The third-order valence-corrected chi connectivity index (χ3v) is 9.77. The number of aromatic nitrogens is 3. The summed E-state index contributed by atoms with van der Waals surface area (Å²) in [6, 6.07) is 54.8. The number of para-hydroxylation sites is 1. The van der Waals surface area contributed by atoms with Crippen LogP contribution in [0.2, 0.25) is 0 Å². The number of benzene rings is 7. The molecule has 0 atom stereocenters. The zero-order valence-electron chi connectivity index (χ0n) is 29.6. The largest absolute Gasteiger partial charge is 0.455 e. The molecule has 0 amide bonds. The first-order chi connectivity index (χ1) is 26.7. The second-order valence-corrected chi connectivity index (χ2v) is 13.2. The van der Waals surface area contributed by atoms with E-state index in [-0.39, 0.29) is 0 Å². The summed E-state index contributed by atoms with van der Waals surface area (Å²) in [5, 5.41) is 4.46. The second kappa shape index (κ2) is 14.5. The minimum absolute atomic E-state index is 0.592. The standard InChI is InChI=1S/C50H35N3O/c1-2-3-4-5-7-14-34-21-23-39(24-22-34)49-51-48(38-16-8-6-9-17-38)52-50(53-49)44-32-31-42(47-46(44)43-19-12-13-20-45(43)54-47)37-28-25-36(26-29-37)41-30-27-35-15-10-11-18-40(35)33-41/h2-13,15-33H,1,14H2/b4-3-,7-5-. The van der Waals surface area contributed by atoms with Gasteiger partial charge in [-0.05, 0) is 63.7 Å². The first-order valence-corrected chi connectivity index (χ1v) is 18.1. The number of fused-ring (bicyclic) bond motifs is 4. The van der Waals surface area contributed by atoms with Crippen molar-refractivity contribution in [3.05, 3.63) is 200 Å². The zero-order chi connectivity index (χ0) is 36.3. The van der Waals surface area contributed by atoms with Gasteiger partial charge in [0.15, 0.2) is 17.5 Å². The molecule has 0 aliphatic rings. The Labute approximate surface area is 314 Å². The van der Waals surface area contributed by atoms with Gasteiger partial charge in [-0.1, -0.05) is 170 Å². The third-order valence-electron chi connectivity index (χ3n) is 9.77. The highest BCUT2D eigenvalue weighted by Gasteiger charge is 2.20. The molecular formula is C50H35N3O. The van der Waals surface area contributed by atoms with Crippen LogP contribution in [-0.2, 0) is 6.42 Å². The van der Waals surface area contributed by atoms with Crippen LogP contribution in [0.4, 0.5) is 0 Å². The highest BCUT2D eigenvalue weighted by Crippen LogP contribution is 2.42. The van der Waals surface area contributed by atoms with E-state index in [1.54, 1.807) is 6.08 Å². The fourth-order valence-corrected chi connectivity index (χ4v) is 7.01. The normalized spacial score (nSPS) is 11.7.